The highest BCUT2D eigenvalue weighted by molar-refractivity contribution is 6.34. The summed E-state index contributed by atoms with van der Waals surface area (Å²) in [6.45, 7) is 6.33. The van der Waals surface area contributed by atoms with Gasteiger partial charge in [0.25, 0.3) is 0 Å². The van der Waals surface area contributed by atoms with E-state index < -0.39 is 6.04 Å². The van der Waals surface area contributed by atoms with E-state index in [1.807, 2.05) is 32.9 Å². The maximum absolute atomic E-state index is 11.8. The molecule has 1 atom stereocenters. The van der Waals surface area contributed by atoms with Crippen molar-refractivity contribution in [2.24, 2.45) is 11.1 Å². The molecule has 0 spiro atoms. The van der Waals surface area contributed by atoms with Gasteiger partial charge >= 0.3 is 0 Å². The highest BCUT2D eigenvalue weighted by Crippen LogP contribution is 2.19. The quantitative estimate of drug-likeness (QED) is 0.883. The van der Waals surface area contributed by atoms with Crippen molar-refractivity contribution in [3.63, 3.8) is 0 Å². The average molecular weight is 340 g/mol. The predicted octanol–water partition coefficient (Wildman–Crippen LogP) is 3.45. The van der Waals surface area contributed by atoms with Gasteiger partial charge in [-0.1, -0.05) is 44.0 Å². The molecule has 0 saturated carbocycles. The highest BCUT2D eigenvalue weighted by atomic mass is 35.5. The van der Waals surface area contributed by atoms with Crippen LogP contribution in [0, 0.1) is 5.41 Å². The Kier molecular flexibility index (Phi) is 7.89. The number of rotatable bonds is 4. The average Bonchev–Trinajstić information content (AvgIpc) is 2.25. The largest absolute Gasteiger partial charge is 0.354 e. The van der Waals surface area contributed by atoms with Crippen LogP contribution < -0.4 is 11.1 Å². The van der Waals surface area contributed by atoms with Gasteiger partial charge in [-0.2, -0.15) is 0 Å². The van der Waals surface area contributed by atoms with Gasteiger partial charge in [0.05, 0.1) is 6.04 Å². The summed E-state index contributed by atoms with van der Waals surface area (Å²) in [6, 6.07) is 4.84. The van der Waals surface area contributed by atoms with Crippen LogP contribution in [0.25, 0.3) is 0 Å². The first-order chi connectivity index (χ1) is 8.70. The van der Waals surface area contributed by atoms with E-state index in [-0.39, 0.29) is 23.7 Å². The number of benzene rings is 1. The maximum atomic E-state index is 11.8. The zero-order valence-electron chi connectivity index (χ0n) is 11.9. The van der Waals surface area contributed by atoms with Gasteiger partial charge in [0.2, 0.25) is 5.91 Å². The van der Waals surface area contributed by atoms with Crippen molar-refractivity contribution in [3.05, 3.63) is 33.8 Å². The predicted molar refractivity (Wildman–Crippen MR) is 87.9 cm³/mol. The summed E-state index contributed by atoms with van der Waals surface area (Å²) < 4.78 is 0. The minimum absolute atomic E-state index is 0. The van der Waals surface area contributed by atoms with E-state index in [4.69, 9.17) is 28.9 Å². The smallest absolute Gasteiger partial charge is 0.237 e. The fourth-order valence-corrected chi connectivity index (χ4v) is 2.16. The van der Waals surface area contributed by atoms with Crippen LogP contribution in [0.2, 0.25) is 10.0 Å². The molecule has 0 bridgehead atoms. The van der Waals surface area contributed by atoms with Crippen LogP contribution >= 0.6 is 35.6 Å². The maximum Gasteiger partial charge on any atom is 0.237 e. The lowest BCUT2D eigenvalue weighted by Crippen LogP contribution is -2.48. The summed E-state index contributed by atoms with van der Waals surface area (Å²) in [5.74, 6) is -0.138. The van der Waals surface area contributed by atoms with Gasteiger partial charge in [-0.15, -0.1) is 12.4 Å². The second-order valence-electron chi connectivity index (χ2n) is 5.66. The Balaban J connectivity index is 0.00000361. The summed E-state index contributed by atoms with van der Waals surface area (Å²) in [4.78, 5) is 11.8. The third-order valence-corrected chi connectivity index (χ3v) is 3.29. The van der Waals surface area contributed by atoms with Crippen LogP contribution in [-0.2, 0) is 11.2 Å². The minimum Gasteiger partial charge on any atom is -0.354 e. The van der Waals surface area contributed by atoms with Crippen LogP contribution in [-0.4, -0.2) is 18.5 Å². The van der Waals surface area contributed by atoms with Gasteiger partial charge < -0.3 is 11.1 Å². The summed E-state index contributed by atoms with van der Waals surface area (Å²) in [5.41, 5.74) is 6.61. The van der Waals surface area contributed by atoms with Gasteiger partial charge in [0.1, 0.15) is 0 Å². The number of halogens is 3. The molecule has 0 aliphatic rings. The Morgan fingerprint density at radius 3 is 2.20 bits per heavy atom. The van der Waals surface area contributed by atoms with E-state index in [0.29, 0.717) is 23.0 Å². The van der Waals surface area contributed by atoms with Crippen molar-refractivity contribution in [2.75, 3.05) is 6.54 Å². The molecule has 0 fully saturated rings. The Bertz CT molecular complexity index is 438. The third-order valence-electron chi connectivity index (χ3n) is 2.85. The lowest BCUT2D eigenvalue weighted by atomic mass is 9.87. The molecule has 3 N–H and O–H groups in total. The number of nitrogens with one attached hydrogen (secondary N) is 1. The molecule has 0 radical (unpaired) electrons. The molecule has 20 heavy (non-hydrogen) atoms. The first kappa shape index (κ1) is 19.5. The normalized spacial score (nSPS) is 12.5. The summed E-state index contributed by atoms with van der Waals surface area (Å²) in [6.07, 6.45) is 0.670. The molecule has 1 rings (SSSR count). The van der Waals surface area contributed by atoms with Crippen molar-refractivity contribution in [2.45, 2.75) is 33.2 Å². The first-order valence-corrected chi connectivity index (χ1v) is 6.94. The van der Waals surface area contributed by atoms with Crippen molar-refractivity contribution >= 4 is 41.5 Å². The zero-order valence-corrected chi connectivity index (χ0v) is 14.2. The standard InChI is InChI=1S/C14H20Cl2N2O.ClH/c1-14(2,3)12(17)13(19)18-5-4-9-6-10(15)8-11(16)7-9;/h6-8,12H,4-5,17H2,1-3H3,(H,18,19);1H/t12-;/m1./s1. The zero-order chi connectivity index (χ0) is 14.6. The molecule has 6 heteroatoms. The molecular weight excluding hydrogens is 319 g/mol. The Morgan fingerprint density at radius 1 is 1.25 bits per heavy atom. The molecule has 1 aromatic carbocycles. The summed E-state index contributed by atoms with van der Waals surface area (Å²) >= 11 is 11.8. The number of nitrogens with two attached hydrogens (primary N) is 1. The van der Waals surface area contributed by atoms with Gasteiger partial charge in [0, 0.05) is 16.6 Å². The number of hydrogen-bond donors (Lipinski definition) is 2. The van der Waals surface area contributed by atoms with Gasteiger partial charge in [-0.05, 0) is 35.6 Å². The molecule has 0 aromatic heterocycles. The molecule has 0 aliphatic carbocycles. The van der Waals surface area contributed by atoms with Crippen LogP contribution in [0.5, 0.6) is 0 Å². The van der Waals surface area contributed by atoms with E-state index in [0.717, 1.165) is 5.56 Å². The van der Waals surface area contributed by atoms with Crippen LogP contribution in [0.1, 0.15) is 26.3 Å². The Hall–Kier alpha value is -0.480. The van der Waals surface area contributed by atoms with Crippen LogP contribution in [0.3, 0.4) is 0 Å². The van der Waals surface area contributed by atoms with Crippen molar-refractivity contribution in [1.29, 1.82) is 0 Å². The second-order valence-corrected chi connectivity index (χ2v) is 6.54. The molecule has 114 valence electrons. The molecule has 0 unspecified atom stereocenters. The van der Waals surface area contributed by atoms with E-state index in [1.54, 1.807) is 6.07 Å². The van der Waals surface area contributed by atoms with Gasteiger partial charge in [-0.3, -0.25) is 4.79 Å². The molecule has 0 heterocycles. The van der Waals surface area contributed by atoms with Crippen LogP contribution in [0.4, 0.5) is 0 Å². The number of carbonyl (C=O) groups is 1. The third kappa shape index (κ3) is 6.31. The summed E-state index contributed by atoms with van der Waals surface area (Å²) in [5, 5.41) is 4.02. The molecule has 3 nitrogen and oxygen atoms in total. The monoisotopic (exact) mass is 338 g/mol. The number of amides is 1. The highest BCUT2D eigenvalue weighted by Gasteiger charge is 2.26. The summed E-state index contributed by atoms with van der Waals surface area (Å²) in [7, 11) is 0. The van der Waals surface area contributed by atoms with Gasteiger partial charge in [-0.25, -0.2) is 0 Å². The molecule has 0 saturated heterocycles. The Morgan fingerprint density at radius 2 is 1.75 bits per heavy atom. The lowest BCUT2D eigenvalue weighted by molar-refractivity contribution is -0.124. The first-order valence-electron chi connectivity index (χ1n) is 6.18. The van der Waals surface area contributed by atoms with Crippen molar-refractivity contribution in [3.8, 4) is 0 Å². The van der Waals surface area contributed by atoms with E-state index >= 15 is 0 Å². The van der Waals surface area contributed by atoms with Crippen LogP contribution in [0.15, 0.2) is 18.2 Å². The van der Waals surface area contributed by atoms with Gasteiger partial charge in [0.15, 0.2) is 0 Å². The van der Waals surface area contributed by atoms with E-state index in [1.165, 1.54) is 0 Å². The second kappa shape index (κ2) is 8.08. The van der Waals surface area contributed by atoms with Crippen molar-refractivity contribution < 1.29 is 4.79 Å². The van der Waals surface area contributed by atoms with Crippen molar-refractivity contribution in [1.82, 2.24) is 5.32 Å². The van der Waals surface area contributed by atoms with E-state index in [2.05, 4.69) is 5.32 Å². The molecule has 0 aliphatic heterocycles. The molecule has 1 amide bonds. The molecular formula is C14H21Cl3N2O. The Labute approximate surface area is 136 Å². The minimum atomic E-state index is -0.518. The number of carbonyl (C=O) groups excluding carboxylic acids is 1. The SMILES string of the molecule is CC(C)(C)[C@H](N)C(=O)NCCc1cc(Cl)cc(Cl)c1.Cl. The fourth-order valence-electron chi connectivity index (χ4n) is 1.59. The molecule has 1 aromatic rings. The lowest BCUT2D eigenvalue weighted by Gasteiger charge is -2.25. The fraction of sp³-hybridized carbons (Fsp3) is 0.500. The topological polar surface area (TPSA) is 55.1 Å². The van der Waals surface area contributed by atoms with E-state index in [9.17, 15) is 4.79 Å². The number of hydrogen-bond acceptors (Lipinski definition) is 2.